The molecule has 0 aromatic heterocycles. The number of nitrogen functional groups attached to an aromatic ring is 1. The summed E-state index contributed by atoms with van der Waals surface area (Å²) in [6, 6.07) is 3.41. The molecule has 0 heterocycles. The Kier molecular flexibility index (Phi) is 3.89. The van der Waals surface area contributed by atoms with Crippen LogP contribution < -0.4 is 11.1 Å². The normalized spacial score (nSPS) is 10.9. The Bertz CT molecular complexity index is 546. The summed E-state index contributed by atoms with van der Waals surface area (Å²) in [6.45, 7) is 5.15. The molecule has 19 heavy (non-hydrogen) atoms. The zero-order valence-corrected chi connectivity index (χ0v) is 10.9. The molecule has 0 spiro atoms. The SMILES string of the molecule is CC(C)(C)NC(=O)C(=O)c1cc([N+](=O)[O-])ccc1N. The van der Waals surface area contributed by atoms with Gasteiger partial charge in [0.25, 0.3) is 17.4 Å². The van der Waals surface area contributed by atoms with E-state index >= 15 is 0 Å². The van der Waals surface area contributed by atoms with Crippen molar-refractivity contribution in [2.24, 2.45) is 0 Å². The van der Waals surface area contributed by atoms with Gasteiger partial charge in [0.2, 0.25) is 0 Å². The van der Waals surface area contributed by atoms with Crippen molar-refractivity contribution in [3.05, 3.63) is 33.9 Å². The molecule has 0 aliphatic carbocycles. The van der Waals surface area contributed by atoms with Gasteiger partial charge in [-0.3, -0.25) is 19.7 Å². The van der Waals surface area contributed by atoms with E-state index < -0.39 is 22.2 Å². The highest BCUT2D eigenvalue weighted by atomic mass is 16.6. The van der Waals surface area contributed by atoms with E-state index in [1.54, 1.807) is 20.8 Å². The number of nitro benzene ring substituents is 1. The fourth-order valence-electron chi connectivity index (χ4n) is 1.37. The van der Waals surface area contributed by atoms with Crippen LogP contribution in [0.3, 0.4) is 0 Å². The van der Waals surface area contributed by atoms with Gasteiger partial charge in [0.1, 0.15) is 0 Å². The maximum Gasteiger partial charge on any atom is 0.292 e. The highest BCUT2D eigenvalue weighted by Crippen LogP contribution is 2.20. The molecule has 0 bridgehead atoms. The van der Waals surface area contributed by atoms with Crippen molar-refractivity contribution in [2.75, 3.05) is 5.73 Å². The van der Waals surface area contributed by atoms with Gasteiger partial charge in [0, 0.05) is 23.4 Å². The Morgan fingerprint density at radius 3 is 2.37 bits per heavy atom. The topological polar surface area (TPSA) is 115 Å². The van der Waals surface area contributed by atoms with Crippen molar-refractivity contribution in [1.29, 1.82) is 0 Å². The molecule has 0 aliphatic heterocycles. The van der Waals surface area contributed by atoms with Crippen LogP contribution in [0.15, 0.2) is 18.2 Å². The van der Waals surface area contributed by atoms with Crippen LogP contribution in [0.2, 0.25) is 0 Å². The average molecular weight is 265 g/mol. The number of hydrogen-bond acceptors (Lipinski definition) is 5. The summed E-state index contributed by atoms with van der Waals surface area (Å²) in [6.07, 6.45) is 0. The van der Waals surface area contributed by atoms with Gasteiger partial charge in [-0.05, 0) is 26.8 Å². The molecule has 0 radical (unpaired) electrons. The van der Waals surface area contributed by atoms with Crippen LogP contribution in [0.5, 0.6) is 0 Å². The molecule has 0 saturated carbocycles. The third kappa shape index (κ3) is 3.77. The lowest BCUT2D eigenvalue weighted by atomic mass is 10.0. The monoisotopic (exact) mass is 265 g/mol. The number of nitrogens with one attached hydrogen (secondary N) is 1. The molecule has 7 heteroatoms. The van der Waals surface area contributed by atoms with E-state index in [2.05, 4.69) is 5.32 Å². The number of hydrogen-bond donors (Lipinski definition) is 2. The standard InChI is InChI=1S/C12H15N3O4/c1-12(2,3)14-11(17)10(16)8-6-7(15(18)19)4-5-9(8)13/h4-6H,13H2,1-3H3,(H,14,17). The predicted molar refractivity (Wildman–Crippen MR) is 69.7 cm³/mol. The number of rotatable bonds is 3. The third-order valence-corrected chi connectivity index (χ3v) is 2.19. The first-order valence-corrected chi connectivity index (χ1v) is 5.52. The highest BCUT2D eigenvalue weighted by molar-refractivity contribution is 6.44. The quantitative estimate of drug-likeness (QED) is 0.281. The number of Topliss-reactive ketones (excluding diaryl/α,β-unsaturated/α-hetero) is 1. The Hall–Kier alpha value is -2.44. The number of nitro groups is 1. The summed E-state index contributed by atoms with van der Waals surface area (Å²) >= 11 is 0. The van der Waals surface area contributed by atoms with E-state index in [1.807, 2.05) is 0 Å². The van der Waals surface area contributed by atoms with Gasteiger partial charge < -0.3 is 11.1 Å². The lowest BCUT2D eigenvalue weighted by molar-refractivity contribution is -0.384. The van der Waals surface area contributed by atoms with E-state index in [0.29, 0.717) is 0 Å². The fraction of sp³-hybridized carbons (Fsp3) is 0.333. The molecule has 0 unspecified atom stereocenters. The molecule has 1 rings (SSSR count). The van der Waals surface area contributed by atoms with Crippen LogP contribution in [-0.2, 0) is 4.79 Å². The van der Waals surface area contributed by atoms with Crippen LogP contribution in [0.1, 0.15) is 31.1 Å². The largest absolute Gasteiger partial charge is 0.398 e. The lowest BCUT2D eigenvalue weighted by Gasteiger charge is -2.19. The molecule has 1 aromatic rings. The first-order valence-electron chi connectivity index (χ1n) is 5.52. The van der Waals surface area contributed by atoms with E-state index in [0.717, 1.165) is 6.07 Å². The smallest absolute Gasteiger partial charge is 0.292 e. The molecule has 102 valence electrons. The van der Waals surface area contributed by atoms with E-state index in [1.165, 1.54) is 12.1 Å². The van der Waals surface area contributed by atoms with Crippen LogP contribution >= 0.6 is 0 Å². The maximum atomic E-state index is 11.9. The van der Waals surface area contributed by atoms with Crippen molar-refractivity contribution < 1.29 is 14.5 Å². The summed E-state index contributed by atoms with van der Waals surface area (Å²) < 4.78 is 0. The van der Waals surface area contributed by atoms with Crippen molar-refractivity contribution in [3.8, 4) is 0 Å². The summed E-state index contributed by atoms with van der Waals surface area (Å²) in [5.74, 6) is -1.74. The molecule has 0 fully saturated rings. The van der Waals surface area contributed by atoms with Gasteiger partial charge in [0.05, 0.1) is 10.5 Å². The number of nitrogens with two attached hydrogens (primary N) is 1. The number of carbonyl (C=O) groups excluding carboxylic acids is 2. The van der Waals surface area contributed by atoms with Gasteiger partial charge in [-0.25, -0.2) is 0 Å². The zero-order valence-electron chi connectivity index (χ0n) is 10.9. The number of carbonyl (C=O) groups is 2. The Balaban J connectivity index is 3.09. The van der Waals surface area contributed by atoms with Crippen molar-refractivity contribution >= 4 is 23.1 Å². The van der Waals surface area contributed by atoms with Crippen molar-refractivity contribution in [2.45, 2.75) is 26.3 Å². The van der Waals surface area contributed by atoms with E-state index in [4.69, 9.17) is 5.73 Å². The second kappa shape index (κ2) is 5.05. The predicted octanol–water partition coefficient (Wildman–Crippen LogP) is 1.27. The molecule has 7 nitrogen and oxygen atoms in total. The minimum absolute atomic E-state index is 0.0275. The first kappa shape index (κ1) is 14.6. The van der Waals surface area contributed by atoms with E-state index in [9.17, 15) is 19.7 Å². The third-order valence-electron chi connectivity index (χ3n) is 2.19. The summed E-state index contributed by atoms with van der Waals surface area (Å²) in [5.41, 5.74) is 4.55. The van der Waals surface area contributed by atoms with Crippen molar-refractivity contribution in [3.63, 3.8) is 0 Å². The molecular formula is C12H15N3O4. The van der Waals surface area contributed by atoms with Gasteiger partial charge in [-0.1, -0.05) is 0 Å². The fourth-order valence-corrected chi connectivity index (χ4v) is 1.37. The number of amides is 1. The van der Waals surface area contributed by atoms with Crippen LogP contribution in [0, 0.1) is 10.1 Å². The maximum absolute atomic E-state index is 11.9. The minimum atomic E-state index is -0.892. The van der Waals surface area contributed by atoms with Gasteiger partial charge in [0.15, 0.2) is 0 Å². The number of ketones is 1. The summed E-state index contributed by atoms with van der Waals surface area (Å²) in [7, 11) is 0. The molecule has 1 aromatic carbocycles. The average Bonchev–Trinajstić information content (AvgIpc) is 2.26. The Morgan fingerprint density at radius 2 is 1.89 bits per heavy atom. The lowest BCUT2D eigenvalue weighted by Crippen LogP contribution is -2.44. The van der Waals surface area contributed by atoms with E-state index in [-0.39, 0.29) is 16.9 Å². The molecule has 3 N–H and O–H groups in total. The molecule has 0 aliphatic rings. The van der Waals surface area contributed by atoms with Gasteiger partial charge >= 0.3 is 0 Å². The minimum Gasteiger partial charge on any atom is -0.398 e. The summed E-state index contributed by atoms with van der Waals surface area (Å²) in [4.78, 5) is 33.6. The van der Waals surface area contributed by atoms with Crippen LogP contribution in [0.4, 0.5) is 11.4 Å². The molecule has 0 atom stereocenters. The molecule has 1 amide bonds. The number of non-ortho nitro benzene ring substituents is 1. The number of anilines is 1. The number of nitrogens with zero attached hydrogens (tertiary/aromatic N) is 1. The number of benzene rings is 1. The zero-order chi connectivity index (χ0) is 14.8. The van der Waals surface area contributed by atoms with Crippen LogP contribution in [0.25, 0.3) is 0 Å². The molecule has 0 saturated heterocycles. The first-order chi connectivity index (χ1) is 8.61. The van der Waals surface area contributed by atoms with Crippen LogP contribution in [-0.4, -0.2) is 22.2 Å². The molecular weight excluding hydrogens is 250 g/mol. The second-order valence-corrected chi connectivity index (χ2v) is 5.06. The van der Waals surface area contributed by atoms with Gasteiger partial charge in [-0.15, -0.1) is 0 Å². The second-order valence-electron chi connectivity index (χ2n) is 5.06. The van der Waals surface area contributed by atoms with Gasteiger partial charge in [-0.2, -0.15) is 0 Å². The Morgan fingerprint density at radius 1 is 1.32 bits per heavy atom. The Labute approximate surface area is 109 Å². The summed E-state index contributed by atoms with van der Waals surface area (Å²) in [5, 5.41) is 13.1. The highest BCUT2D eigenvalue weighted by Gasteiger charge is 2.24. The van der Waals surface area contributed by atoms with Crippen molar-refractivity contribution in [1.82, 2.24) is 5.32 Å².